The first kappa shape index (κ1) is 27.6. The lowest BCUT2D eigenvalue weighted by atomic mass is 9.96. The number of fused-ring (bicyclic) bond motifs is 1. The van der Waals surface area contributed by atoms with E-state index in [-0.39, 0.29) is 22.9 Å². The summed E-state index contributed by atoms with van der Waals surface area (Å²) in [6.45, 7) is 3.65. The molecule has 0 aliphatic carbocycles. The molecule has 0 saturated heterocycles. The third kappa shape index (κ3) is 5.15. The number of carbonyl (C=O) groups excluding carboxylic acids is 1. The van der Waals surface area contributed by atoms with Gasteiger partial charge in [-0.1, -0.05) is 35.1 Å². The molecule has 12 heteroatoms. The molecule has 5 rings (SSSR count). The molecule has 0 spiro atoms. The zero-order valence-corrected chi connectivity index (χ0v) is 23.9. The standard InChI is InChI=1S/C28H22ClN3O6S2/c1-4-37-27(34)24-15(2)30-28-31(25(24)16-5-9-19(39-3)10-6-16)26(33)23(40-28)14-18-8-12-22(38-18)17-7-11-20(29)21(13-17)32(35)36/h5-14,25H,4H2,1-3H3/b23-14-/t25-/m0/s1. The molecular weight excluding hydrogens is 574 g/mol. The number of carbonyl (C=O) groups is 1. The Balaban J connectivity index is 1.61. The quantitative estimate of drug-likeness (QED) is 0.122. The predicted molar refractivity (Wildman–Crippen MR) is 154 cm³/mol. The summed E-state index contributed by atoms with van der Waals surface area (Å²) in [4.78, 5) is 43.6. The molecule has 40 heavy (non-hydrogen) atoms. The van der Waals surface area contributed by atoms with Crippen molar-refractivity contribution < 1.29 is 18.9 Å². The van der Waals surface area contributed by atoms with Crippen molar-refractivity contribution in [3.63, 3.8) is 0 Å². The molecule has 3 heterocycles. The minimum absolute atomic E-state index is 0.0248. The van der Waals surface area contributed by atoms with Gasteiger partial charge in [0.2, 0.25) is 0 Å². The monoisotopic (exact) mass is 595 g/mol. The number of hydrogen-bond donors (Lipinski definition) is 0. The number of thiazole rings is 1. The molecule has 1 aliphatic heterocycles. The highest BCUT2D eigenvalue weighted by molar-refractivity contribution is 7.98. The van der Waals surface area contributed by atoms with E-state index in [1.165, 1.54) is 28.0 Å². The number of esters is 1. The van der Waals surface area contributed by atoms with Crippen LogP contribution < -0.4 is 14.9 Å². The number of furan rings is 1. The topological polar surface area (TPSA) is 117 Å². The SMILES string of the molecule is CCOC(=O)C1=C(C)N=c2s/c(=C\c3ccc(-c4ccc(Cl)c([N+](=O)[O-])c4)o3)c(=O)n2[C@H]1c1ccc(SC)cc1. The van der Waals surface area contributed by atoms with Crippen molar-refractivity contribution in [1.29, 1.82) is 0 Å². The van der Waals surface area contributed by atoms with E-state index in [1.807, 2.05) is 30.5 Å². The Kier molecular flexibility index (Phi) is 7.79. The number of ether oxygens (including phenoxy) is 1. The van der Waals surface area contributed by atoms with Crippen LogP contribution in [0.2, 0.25) is 5.02 Å². The van der Waals surface area contributed by atoms with E-state index in [0.717, 1.165) is 10.5 Å². The molecule has 1 atom stereocenters. The Morgan fingerprint density at radius 1 is 1.25 bits per heavy atom. The summed E-state index contributed by atoms with van der Waals surface area (Å²) in [6.07, 6.45) is 3.56. The first-order chi connectivity index (χ1) is 19.2. The van der Waals surface area contributed by atoms with Crippen LogP contribution in [0, 0.1) is 10.1 Å². The van der Waals surface area contributed by atoms with Gasteiger partial charge in [0.1, 0.15) is 16.5 Å². The molecule has 0 amide bonds. The normalized spacial score (nSPS) is 15.1. The minimum atomic E-state index is -0.713. The van der Waals surface area contributed by atoms with Crippen LogP contribution in [0.15, 0.2) is 85.0 Å². The van der Waals surface area contributed by atoms with Crippen LogP contribution in [0.3, 0.4) is 0 Å². The number of benzene rings is 2. The van der Waals surface area contributed by atoms with Crippen molar-refractivity contribution in [2.75, 3.05) is 12.9 Å². The number of rotatable bonds is 7. The summed E-state index contributed by atoms with van der Waals surface area (Å²) in [5, 5.41) is 11.3. The lowest BCUT2D eigenvalue weighted by Crippen LogP contribution is -2.39. The number of thioether (sulfide) groups is 1. The molecule has 2 aromatic carbocycles. The summed E-state index contributed by atoms with van der Waals surface area (Å²) in [5.41, 5.74) is 1.45. The molecule has 0 unspecified atom stereocenters. The van der Waals surface area contributed by atoms with Gasteiger partial charge >= 0.3 is 5.97 Å². The Morgan fingerprint density at radius 2 is 2.00 bits per heavy atom. The lowest BCUT2D eigenvalue weighted by molar-refractivity contribution is -0.384. The van der Waals surface area contributed by atoms with Crippen molar-refractivity contribution in [1.82, 2.24) is 4.57 Å². The molecule has 204 valence electrons. The molecule has 0 saturated carbocycles. The van der Waals surface area contributed by atoms with Crippen LogP contribution >= 0.6 is 34.7 Å². The van der Waals surface area contributed by atoms with Gasteiger partial charge in [-0.25, -0.2) is 9.79 Å². The van der Waals surface area contributed by atoms with Crippen molar-refractivity contribution >= 4 is 52.4 Å². The average Bonchev–Trinajstić information content (AvgIpc) is 3.52. The van der Waals surface area contributed by atoms with Gasteiger partial charge in [-0.2, -0.15) is 0 Å². The van der Waals surface area contributed by atoms with E-state index in [9.17, 15) is 19.7 Å². The van der Waals surface area contributed by atoms with Crippen LogP contribution in [0.25, 0.3) is 17.4 Å². The number of nitrogens with zero attached hydrogens (tertiary/aromatic N) is 3. The van der Waals surface area contributed by atoms with Crippen LogP contribution in [-0.2, 0) is 9.53 Å². The summed E-state index contributed by atoms with van der Waals surface area (Å²) in [6, 6.07) is 14.7. The summed E-state index contributed by atoms with van der Waals surface area (Å²) in [5.74, 6) is 0.232. The number of nitro groups is 1. The maximum atomic E-state index is 13.8. The maximum absolute atomic E-state index is 13.8. The van der Waals surface area contributed by atoms with Gasteiger partial charge < -0.3 is 9.15 Å². The summed E-state index contributed by atoms with van der Waals surface area (Å²) >= 11 is 8.70. The first-order valence-electron chi connectivity index (χ1n) is 12.1. The highest BCUT2D eigenvalue weighted by atomic mass is 35.5. The third-order valence-corrected chi connectivity index (χ3v) is 8.32. The number of allylic oxidation sites excluding steroid dienone is 1. The number of hydrogen-bond acceptors (Lipinski definition) is 9. The maximum Gasteiger partial charge on any atom is 0.338 e. The van der Waals surface area contributed by atoms with Gasteiger partial charge in [0.05, 0.1) is 33.4 Å². The fourth-order valence-electron chi connectivity index (χ4n) is 4.41. The van der Waals surface area contributed by atoms with Crippen molar-refractivity contribution in [3.05, 3.63) is 112 Å². The van der Waals surface area contributed by atoms with Gasteiger partial charge in [-0.3, -0.25) is 19.5 Å². The number of aromatic nitrogens is 1. The molecule has 0 N–H and O–H groups in total. The summed E-state index contributed by atoms with van der Waals surface area (Å²) in [7, 11) is 0. The molecule has 2 aromatic heterocycles. The van der Waals surface area contributed by atoms with Gasteiger partial charge in [0.25, 0.3) is 11.2 Å². The van der Waals surface area contributed by atoms with Gasteiger partial charge in [0, 0.05) is 22.6 Å². The van der Waals surface area contributed by atoms with E-state index >= 15 is 0 Å². The fourth-order valence-corrected chi connectivity index (χ4v) is 6.04. The van der Waals surface area contributed by atoms with E-state index in [2.05, 4.69) is 4.99 Å². The van der Waals surface area contributed by atoms with E-state index in [0.29, 0.717) is 37.7 Å². The second-order valence-electron chi connectivity index (χ2n) is 8.70. The molecule has 0 fully saturated rings. The van der Waals surface area contributed by atoms with Gasteiger partial charge in [-0.05, 0) is 62.1 Å². The van der Waals surface area contributed by atoms with E-state index in [1.54, 1.807) is 49.9 Å². The van der Waals surface area contributed by atoms with Crippen LogP contribution in [0.4, 0.5) is 5.69 Å². The smallest absolute Gasteiger partial charge is 0.338 e. The molecule has 1 aliphatic rings. The van der Waals surface area contributed by atoms with Crippen LogP contribution in [0.1, 0.15) is 31.2 Å². The molecule has 9 nitrogen and oxygen atoms in total. The number of nitro benzene ring substituents is 1. The van der Waals surface area contributed by atoms with Crippen LogP contribution in [-0.4, -0.2) is 28.3 Å². The number of halogens is 1. The Morgan fingerprint density at radius 3 is 2.67 bits per heavy atom. The van der Waals surface area contributed by atoms with E-state index in [4.69, 9.17) is 20.8 Å². The highest BCUT2D eigenvalue weighted by Crippen LogP contribution is 2.33. The third-order valence-electron chi connectivity index (χ3n) is 6.28. The molecule has 0 bridgehead atoms. The Hall–Kier alpha value is -3.93. The van der Waals surface area contributed by atoms with Crippen molar-refractivity contribution in [2.45, 2.75) is 24.8 Å². The largest absolute Gasteiger partial charge is 0.463 e. The van der Waals surface area contributed by atoms with Gasteiger partial charge in [0.15, 0.2) is 4.80 Å². The van der Waals surface area contributed by atoms with Gasteiger partial charge in [-0.15, -0.1) is 11.8 Å². The van der Waals surface area contributed by atoms with E-state index < -0.39 is 16.9 Å². The first-order valence-corrected chi connectivity index (χ1v) is 14.5. The lowest BCUT2D eigenvalue weighted by Gasteiger charge is -2.24. The zero-order chi connectivity index (χ0) is 28.6. The molecule has 0 radical (unpaired) electrons. The van der Waals surface area contributed by atoms with Crippen LogP contribution in [0.5, 0.6) is 0 Å². The zero-order valence-electron chi connectivity index (χ0n) is 21.5. The molecular formula is C28H22ClN3O6S2. The predicted octanol–water partition coefficient (Wildman–Crippen LogP) is 5.34. The molecule has 4 aromatic rings. The van der Waals surface area contributed by atoms with Crippen molar-refractivity contribution in [3.8, 4) is 11.3 Å². The fraction of sp³-hybridized carbons (Fsp3) is 0.179. The second-order valence-corrected chi connectivity index (χ2v) is 11.0. The van der Waals surface area contributed by atoms with Crippen molar-refractivity contribution in [2.24, 2.45) is 4.99 Å². The minimum Gasteiger partial charge on any atom is -0.463 e. The Labute approximate surface area is 241 Å². The average molecular weight is 596 g/mol. The Bertz CT molecular complexity index is 1850. The second kappa shape index (κ2) is 11.3. The summed E-state index contributed by atoms with van der Waals surface area (Å²) < 4.78 is 13.1. The highest BCUT2D eigenvalue weighted by Gasteiger charge is 2.33.